The van der Waals surface area contributed by atoms with Crippen LogP contribution in [-0.2, 0) is 6.18 Å². The van der Waals surface area contributed by atoms with Gasteiger partial charge in [0.1, 0.15) is 5.54 Å². The normalized spacial score (nSPS) is 21.4. The maximum Gasteiger partial charge on any atom is 0.417 e. The summed E-state index contributed by atoms with van der Waals surface area (Å²) in [5.41, 5.74) is -2.62. The highest BCUT2D eigenvalue weighted by atomic mass is 19.4. The maximum atomic E-state index is 13.1. The summed E-state index contributed by atoms with van der Waals surface area (Å²) in [4.78, 5) is 12.3. The molecule has 1 amide bonds. The largest absolute Gasteiger partial charge is 0.417 e. The molecule has 1 aromatic carbocycles. The number of hydrogen-bond acceptors (Lipinski definition) is 4. The highest BCUT2D eigenvalue weighted by molar-refractivity contribution is 5.94. The Hall–Kier alpha value is -2.82. The van der Waals surface area contributed by atoms with E-state index in [0.717, 1.165) is 12.1 Å². The Morgan fingerprint density at radius 1 is 1.36 bits per heavy atom. The standard InChI is InChI=1S/C17H14F3N3O2/c1-15(2)8-16(15,9-21)22-14(24)12-7-13(25-23-12)10-5-3-4-6-11(10)17(18,19)20/h3-7H,8H2,1-2H3,(H,22,24). The molecule has 25 heavy (non-hydrogen) atoms. The zero-order valence-corrected chi connectivity index (χ0v) is 13.4. The molecule has 1 unspecified atom stereocenters. The van der Waals surface area contributed by atoms with E-state index in [1.807, 2.05) is 13.8 Å². The number of carbonyl (C=O) groups excluding carboxylic acids is 1. The van der Waals surface area contributed by atoms with E-state index >= 15 is 0 Å². The number of rotatable bonds is 3. The second-order valence-corrected chi connectivity index (χ2v) is 6.65. The van der Waals surface area contributed by atoms with Crippen molar-refractivity contribution in [3.05, 3.63) is 41.6 Å². The summed E-state index contributed by atoms with van der Waals surface area (Å²) in [6.07, 6.45) is -4.07. The molecule has 0 radical (unpaired) electrons. The molecular formula is C17H14F3N3O2. The summed E-state index contributed by atoms with van der Waals surface area (Å²) in [6, 6.07) is 8.08. The molecule has 1 heterocycles. The highest BCUT2D eigenvalue weighted by Gasteiger charge is 2.63. The Morgan fingerprint density at radius 3 is 2.56 bits per heavy atom. The Bertz CT molecular complexity index is 880. The van der Waals surface area contributed by atoms with E-state index in [-0.39, 0.29) is 22.4 Å². The third kappa shape index (κ3) is 2.86. The fraction of sp³-hybridized carbons (Fsp3) is 0.353. The second kappa shape index (κ2) is 5.34. The Labute approximate surface area is 141 Å². The lowest BCUT2D eigenvalue weighted by Gasteiger charge is -2.12. The first-order valence-corrected chi connectivity index (χ1v) is 7.47. The summed E-state index contributed by atoms with van der Waals surface area (Å²) in [5, 5.41) is 15.4. The van der Waals surface area contributed by atoms with Crippen molar-refractivity contribution >= 4 is 5.91 Å². The topological polar surface area (TPSA) is 78.9 Å². The Balaban J connectivity index is 1.87. The van der Waals surface area contributed by atoms with Crippen molar-refractivity contribution in [3.8, 4) is 17.4 Å². The van der Waals surface area contributed by atoms with Crippen LogP contribution in [0.15, 0.2) is 34.9 Å². The molecule has 2 aromatic rings. The minimum atomic E-state index is -4.56. The molecule has 1 N–H and O–H groups in total. The van der Waals surface area contributed by atoms with Gasteiger partial charge in [0.25, 0.3) is 5.91 Å². The number of aromatic nitrogens is 1. The number of benzene rings is 1. The summed E-state index contributed by atoms with van der Waals surface area (Å²) in [6.45, 7) is 3.68. The van der Waals surface area contributed by atoms with Crippen molar-refractivity contribution in [2.45, 2.75) is 32.0 Å². The number of hydrogen-bond donors (Lipinski definition) is 1. The molecule has 1 aliphatic carbocycles. The molecule has 8 heteroatoms. The third-order valence-corrected chi connectivity index (χ3v) is 4.50. The highest BCUT2D eigenvalue weighted by Crippen LogP contribution is 2.55. The molecule has 0 spiro atoms. The minimum Gasteiger partial charge on any atom is -0.355 e. The van der Waals surface area contributed by atoms with Crippen molar-refractivity contribution in [1.82, 2.24) is 10.5 Å². The van der Waals surface area contributed by atoms with Crippen LogP contribution in [0.25, 0.3) is 11.3 Å². The van der Waals surface area contributed by atoms with Gasteiger partial charge in [0.15, 0.2) is 11.5 Å². The van der Waals surface area contributed by atoms with Gasteiger partial charge in [0.2, 0.25) is 0 Å². The molecule has 1 atom stereocenters. The number of nitrogens with zero attached hydrogens (tertiary/aromatic N) is 2. The van der Waals surface area contributed by atoms with Gasteiger partial charge < -0.3 is 9.84 Å². The first-order chi connectivity index (χ1) is 11.6. The number of nitriles is 1. The Morgan fingerprint density at radius 2 is 2.00 bits per heavy atom. The van der Waals surface area contributed by atoms with E-state index in [1.54, 1.807) is 0 Å². The van der Waals surface area contributed by atoms with Crippen molar-refractivity contribution in [2.24, 2.45) is 5.41 Å². The SMILES string of the molecule is CC1(C)CC1(C#N)NC(=O)c1cc(-c2ccccc2C(F)(F)F)on1. The third-order valence-electron chi connectivity index (χ3n) is 4.50. The van der Waals surface area contributed by atoms with Crippen molar-refractivity contribution in [3.63, 3.8) is 0 Å². The zero-order valence-electron chi connectivity index (χ0n) is 13.4. The smallest absolute Gasteiger partial charge is 0.355 e. The number of carbonyl (C=O) groups is 1. The molecule has 5 nitrogen and oxygen atoms in total. The molecule has 130 valence electrons. The van der Waals surface area contributed by atoms with Gasteiger partial charge in [-0.2, -0.15) is 18.4 Å². The molecule has 1 aliphatic rings. The first kappa shape index (κ1) is 17.0. The maximum absolute atomic E-state index is 13.1. The number of amides is 1. The van der Waals surface area contributed by atoms with Crippen LogP contribution in [0, 0.1) is 16.7 Å². The molecule has 3 rings (SSSR count). The van der Waals surface area contributed by atoms with Gasteiger partial charge in [-0.05, 0) is 12.5 Å². The molecule has 0 saturated heterocycles. The average molecular weight is 349 g/mol. The predicted octanol–water partition coefficient (Wildman–Crippen LogP) is 3.78. The Kier molecular flexibility index (Phi) is 3.64. The van der Waals surface area contributed by atoms with Crippen LogP contribution in [0.1, 0.15) is 36.3 Å². The van der Waals surface area contributed by atoms with Crippen LogP contribution >= 0.6 is 0 Å². The second-order valence-electron chi connectivity index (χ2n) is 6.65. The van der Waals surface area contributed by atoms with Crippen LogP contribution in [0.3, 0.4) is 0 Å². The van der Waals surface area contributed by atoms with Crippen molar-refractivity contribution in [2.75, 3.05) is 0 Å². The van der Waals surface area contributed by atoms with E-state index in [4.69, 9.17) is 4.52 Å². The van der Waals surface area contributed by atoms with E-state index in [2.05, 4.69) is 16.5 Å². The summed E-state index contributed by atoms with van der Waals surface area (Å²) in [7, 11) is 0. The zero-order chi connectivity index (χ0) is 18.5. The monoisotopic (exact) mass is 349 g/mol. The lowest BCUT2D eigenvalue weighted by atomic mass is 10.0. The molecule has 1 saturated carbocycles. The fourth-order valence-electron chi connectivity index (χ4n) is 2.76. The molecule has 1 aromatic heterocycles. The van der Waals surface area contributed by atoms with Crippen molar-refractivity contribution in [1.29, 1.82) is 5.26 Å². The van der Waals surface area contributed by atoms with Gasteiger partial charge in [-0.15, -0.1) is 0 Å². The quantitative estimate of drug-likeness (QED) is 0.914. The minimum absolute atomic E-state index is 0.167. The van der Waals surface area contributed by atoms with Crippen LogP contribution in [0.2, 0.25) is 0 Å². The van der Waals surface area contributed by atoms with Gasteiger partial charge >= 0.3 is 6.18 Å². The lowest BCUT2D eigenvalue weighted by Crippen LogP contribution is -2.39. The summed E-state index contributed by atoms with van der Waals surface area (Å²) >= 11 is 0. The van der Waals surface area contributed by atoms with Crippen LogP contribution < -0.4 is 5.32 Å². The fourth-order valence-corrected chi connectivity index (χ4v) is 2.76. The first-order valence-electron chi connectivity index (χ1n) is 7.47. The number of alkyl halides is 3. The molecule has 0 bridgehead atoms. The number of halogens is 3. The van der Waals surface area contributed by atoms with Crippen LogP contribution in [0.4, 0.5) is 13.2 Å². The molecular weight excluding hydrogens is 335 g/mol. The van der Waals surface area contributed by atoms with Crippen LogP contribution in [-0.4, -0.2) is 16.6 Å². The summed E-state index contributed by atoms with van der Waals surface area (Å²) < 4.78 is 44.2. The van der Waals surface area contributed by atoms with Gasteiger partial charge in [-0.1, -0.05) is 37.2 Å². The van der Waals surface area contributed by atoms with Crippen LogP contribution in [0.5, 0.6) is 0 Å². The predicted molar refractivity (Wildman–Crippen MR) is 81.1 cm³/mol. The van der Waals surface area contributed by atoms with Crippen molar-refractivity contribution < 1.29 is 22.5 Å². The van der Waals surface area contributed by atoms with E-state index in [9.17, 15) is 23.2 Å². The van der Waals surface area contributed by atoms with Gasteiger partial charge in [-0.25, -0.2) is 0 Å². The average Bonchev–Trinajstić information content (AvgIpc) is 2.90. The molecule has 1 fully saturated rings. The van der Waals surface area contributed by atoms with E-state index in [1.165, 1.54) is 18.2 Å². The van der Waals surface area contributed by atoms with Gasteiger partial charge in [0, 0.05) is 17.0 Å². The summed E-state index contributed by atoms with van der Waals surface area (Å²) in [5.74, 6) is -0.828. The van der Waals surface area contributed by atoms with E-state index < -0.39 is 23.2 Å². The van der Waals surface area contributed by atoms with E-state index in [0.29, 0.717) is 6.42 Å². The number of nitrogens with one attached hydrogen (secondary N) is 1. The molecule has 0 aliphatic heterocycles. The van der Waals surface area contributed by atoms with Gasteiger partial charge in [-0.3, -0.25) is 4.79 Å². The lowest BCUT2D eigenvalue weighted by molar-refractivity contribution is -0.137. The van der Waals surface area contributed by atoms with Gasteiger partial charge in [0.05, 0.1) is 11.6 Å².